The average Bonchev–Trinajstić information content (AvgIpc) is 2.63. The zero-order chi connectivity index (χ0) is 17.9. The summed E-state index contributed by atoms with van der Waals surface area (Å²) in [5.41, 5.74) is 0.859. The van der Waals surface area contributed by atoms with Gasteiger partial charge < -0.3 is 20.1 Å². The second-order valence-corrected chi connectivity index (χ2v) is 5.77. The van der Waals surface area contributed by atoms with E-state index >= 15 is 0 Å². The lowest BCUT2D eigenvalue weighted by Gasteiger charge is -2.26. The van der Waals surface area contributed by atoms with E-state index in [4.69, 9.17) is 9.47 Å². The van der Waals surface area contributed by atoms with Gasteiger partial charge in [0.05, 0.1) is 31.1 Å². The van der Waals surface area contributed by atoms with Gasteiger partial charge in [0.1, 0.15) is 0 Å². The third kappa shape index (κ3) is 6.81. The van der Waals surface area contributed by atoms with Crippen molar-refractivity contribution in [2.24, 2.45) is 0 Å². The number of benzene rings is 1. The van der Waals surface area contributed by atoms with Gasteiger partial charge in [0.25, 0.3) is 0 Å². The lowest BCUT2D eigenvalue weighted by atomic mass is 10.1. The van der Waals surface area contributed by atoms with Gasteiger partial charge in [0.2, 0.25) is 5.91 Å². The van der Waals surface area contributed by atoms with Crippen molar-refractivity contribution in [2.75, 3.05) is 57.9 Å². The minimum Gasteiger partial charge on any atom is -0.462 e. The fraction of sp³-hybridized carbons (Fsp3) is 0.556. The van der Waals surface area contributed by atoms with Crippen LogP contribution >= 0.6 is 0 Å². The number of para-hydroxylation sites is 1. The molecule has 0 saturated carbocycles. The number of nitrogens with zero attached hydrogens (tertiary/aromatic N) is 1. The molecule has 0 aliphatic carbocycles. The van der Waals surface area contributed by atoms with Gasteiger partial charge in [-0.3, -0.25) is 9.69 Å². The van der Waals surface area contributed by atoms with E-state index in [1.165, 1.54) is 0 Å². The van der Waals surface area contributed by atoms with E-state index < -0.39 is 5.97 Å². The Bertz CT molecular complexity index is 559. The van der Waals surface area contributed by atoms with Crippen molar-refractivity contribution < 1.29 is 19.1 Å². The van der Waals surface area contributed by atoms with Gasteiger partial charge in [-0.15, -0.1) is 0 Å². The fourth-order valence-corrected chi connectivity index (χ4v) is 2.58. The first kappa shape index (κ1) is 19.4. The van der Waals surface area contributed by atoms with Gasteiger partial charge in [0.15, 0.2) is 0 Å². The molecule has 1 aliphatic heterocycles. The number of rotatable bonds is 9. The Hall–Kier alpha value is -1.96. The molecule has 0 atom stereocenters. The summed E-state index contributed by atoms with van der Waals surface area (Å²) < 4.78 is 10.3. The number of morpholine rings is 1. The topological polar surface area (TPSA) is 79.9 Å². The monoisotopic (exact) mass is 349 g/mol. The van der Waals surface area contributed by atoms with Crippen molar-refractivity contribution in [2.45, 2.75) is 13.3 Å². The van der Waals surface area contributed by atoms with Crippen LogP contribution in [0.25, 0.3) is 0 Å². The summed E-state index contributed by atoms with van der Waals surface area (Å²) in [6, 6.07) is 6.87. The van der Waals surface area contributed by atoms with Crippen LogP contribution in [0, 0.1) is 0 Å². The van der Waals surface area contributed by atoms with E-state index in [1.54, 1.807) is 31.2 Å². The number of anilines is 1. The molecule has 1 saturated heterocycles. The number of ether oxygens (including phenoxy) is 2. The van der Waals surface area contributed by atoms with Gasteiger partial charge in [-0.25, -0.2) is 4.79 Å². The summed E-state index contributed by atoms with van der Waals surface area (Å²) in [5.74, 6) is -0.558. The van der Waals surface area contributed by atoms with E-state index in [0.717, 1.165) is 39.4 Å². The number of carbonyl (C=O) groups is 2. The van der Waals surface area contributed by atoms with Crippen LogP contribution in [0.5, 0.6) is 0 Å². The highest BCUT2D eigenvalue weighted by Crippen LogP contribution is 2.16. The Morgan fingerprint density at radius 3 is 2.72 bits per heavy atom. The molecule has 7 heteroatoms. The maximum Gasteiger partial charge on any atom is 0.340 e. The summed E-state index contributed by atoms with van der Waals surface area (Å²) in [6.45, 7) is 7.96. The Labute approximate surface area is 148 Å². The molecule has 1 heterocycles. The Balaban J connectivity index is 1.69. The summed E-state index contributed by atoms with van der Waals surface area (Å²) in [5, 5.41) is 6.06. The van der Waals surface area contributed by atoms with Crippen molar-refractivity contribution in [3.05, 3.63) is 29.8 Å². The normalized spacial score (nSPS) is 14.9. The molecular formula is C18H27N3O4. The highest BCUT2D eigenvalue weighted by Gasteiger charge is 2.14. The third-order valence-electron chi connectivity index (χ3n) is 3.93. The van der Waals surface area contributed by atoms with Gasteiger partial charge in [-0.2, -0.15) is 0 Å². The first-order chi connectivity index (χ1) is 12.2. The molecule has 2 N–H and O–H groups in total. The van der Waals surface area contributed by atoms with Gasteiger partial charge >= 0.3 is 5.97 Å². The van der Waals surface area contributed by atoms with Crippen LogP contribution in [0.3, 0.4) is 0 Å². The molecule has 1 aliphatic rings. The molecule has 1 aromatic rings. The van der Waals surface area contributed by atoms with E-state index in [-0.39, 0.29) is 5.91 Å². The third-order valence-corrected chi connectivity index (χ3v) is 3.93. The van der Waals surface area contributed by atoms with Crippen molar-refractivity contribution in [1.29, 1.82) is 0 Å². The summed E-state index contributed by atoms with van der Waals surface area (Å²) in [4.78, 5) is 26.3. The highest BCUT2D eigenvalue weighted by molar-refractivity contribution is 6.01. The molecule has 1 amide bonds. The summed E-state index contributed by atoms with van der Waals surface area (Å²) in [6.07, 6.45) is 0.347. The van der Waals surface area contributed by atoms with Gasteiger partial charge in [0, 0.05) is 39.1 Å². The van der Waals surface area contributed by atoms with Gasteiger partial charge in [-0.1, -0.05) is 12.1 Å². The van der Waals surface area contributed by atoms with Gasteiger partial charge in [-0.05, 0) is 19.1 Å². The molecule has 0 radical (unpaired) electrons. The zero-order valence-electron chi connectivity index (χ0n) is 14.8. The first-order valence-corrected chi connectivity index (χ1v) is 8.77. The van der Waals surface area contributed by atoms with Crippen molar-refractivity contribution in [3.63, 3.8) is 0 Å². The van der Waals surface area contributed by atoms with E-state index in [2.05, 4.69) is 15.5 Å². The molecule has 2 rings (SSSR count). The second-order valence-electron chi connectivity index (χ2n) is 5.77. The molecule has 25 heavy (non-hydrogen) atoms. The standard InChI is InChI=1S/C18H27N3O4/c1-2-25-18(23)15-5-3-4-6-16(15)20-17(22)7-8-19-9-10-21-11-13-24-14-12-21/h3-6,19H,2,7-14H2,1H3,(H,20,22). The smallest absolute Gasteiger partial charge is 0.340 e. The van der Waals surface area contributed by atoms with Crippen molar-refractivity contribution >= 4 is 17.6 Å². The quantitative estimate of drug-likeness (QED) is 0.514. The van der Waals surface area contributed by atoms with Crippen molar-refractivity contribution in [1.82, 2.24) is 10.2 Å². The molecule has 138 valence electrons. The summed E-state index contributed by atoms with van der Waals surface area (Å²) >= 11 is 0. The lowest BCUT2D eigenvalue weighted by molar-refractivity contribution is -0.116. The Morgan fingerprint density at radius 2 is 1.96 bits per heavy atom. The van der Waals surface area contributed by atoms with E-state index in [1.807, 2.05) is 0 Å². The predicted molar refractivity (Wildman–Crippen MR) is 95.8 cm³/mol. The van der Waals surface area contributed by atoms with E-state index in [9.17, 15) is 9.59 Å². The molecule has 0 unspecified atom stereocenters. The maximum absolute atomic E-state index is 12.1. The zero-order valence-corrected chi connectivity index (χ0v) is 14.8. The van der Waals surface area contributed by atoms with Crippen LogP contribution < -0.4 is 10.6 Å². The second kappa shape index (κ2) is 10.8. The predicted octanol–water partition coefficient (Wildman–Crippen LogP) is 1.11. The first-order valence-electron chi connectivity index (χ1n) is 8.77. The molecule has 7 nitrogen and oxygen atoms in total. The number of amides is 1. The number of hydrogen-bond donors (Lipinski definition) is 2. The molecule has 0 aromatic heterocycles. The average molecular weight is 349 g/mol. The van der Waals surface area contributed by atoms with Crippen LogP contribution in [-0.2, 0) is 14.3 Å². The molecule has 1 aromatic carbocycles. The SMILES string of the molecule is CCOC(=O)c1ccccc1NC(=O)CCNCCN1CCOCC1. The molecule has 0 bridgehead atoms. The molecule has 0 spiro atoms. The Morgan fingerprint density at radius 1 is 1.20 bits per heavy atom. The number of nitrogens with one attached hydrogen (secondary N) is 2. The number of carbonyl (C=O) groups excluding carboxylic acids is 2. The maximum atomic E-state index is 12.1. The lowest BCUT2D eigenvalue weighted by Crippen LogP contribution is -2.40. The summed E-state index contributed by atoms with van der Waals surface area (Å²) in [7, 11) is 0. The van der Waals surface area contributed by atoms with Crippen molar-refractivity contribution in [3.8, 4) is 0 Å². The Kier molecular flexibility index (Phi) is 8.38. The highest BCUT2D eigenvalue weighted by atomic mass is 16.5. The molecule has 1 fully saturated rings. The van der Waals surface area contributed by atoms with Crippen LogP contribution in [-0.4, -0.2) is 69.3 Å². The van der Waals surface area contributed by atoms with Crippen LogP contribution in [0.1, 0.15) is 23.7 Å². The van der Waals surface area contributed by atoms with E-state index in [0.29, 0.717) is 30.8 Å². The molecular weight excluding hydrogens is 322 g/mol. The number of hydrogen-bond acceptors (Lipinski definition) is 6. The minimum absolute atomic E-state index is 0.129. The number of esters is 1. The van der Waals surface area contributed by atoms with Crippen LogP contribution in [0.2, 0.25) is 0 Å². The largest absolute Gasteiger partial charge is 0.462 e. The fourth-order valence-electron chi connectivity index (χ4n) is 2.58. The minimum atomic E-state index is -0.429. The van der Waals surface area contributed by atoms with Crippen LogP contribution in [0.4, 0.5) is 5.69 Å². The van der Waals surface area contributed by atoms with Crippen LogP contribution in [0.15, 0.2) is 24.3 Å².